The summed E-state index contributed by atoms with van der Waals surface area (Å²) in [5.74, 6) is 3.58. The molecule has 1 amide bonds. The fourth-order valence-electron chi connectivity index (χ4n) is 2.62. The van der Waals surface area contributed by atoms with Crippen LogP contribution in [-0.2, 0) is 15.1 Å². The molecule has 1 aromatic heterocycles. The van der Waals surface area contributed by atoms with Gasteiger partial charge in [-0.3, -0.25) is 14.0 Å². The van der Waals surface area contributed by atoms with Crippen LogP contribution in [0.3, 0.4) is 0 Å². The first-order valence-corrected chi connectivity index (χ1v) is 11.4. The third kappa shape index (κ3) is 6.69. The molecule has 1 atom stereocenters. The van der Waals surface area contributed by atoms with E-state index in [0.29, 0.717) is 34.8 Å². The van der Waals surface area contributed by atoms with E-state index in [2.05, 4.69) is 21.2 Å². The maximum atomic E-state index is 12.7. The SMILES string of the molecule is C=S(C)(=O)CCN=Cc1cc(NC(=O)c2cccc(C)n2)c(C(C)(C)O)cc1N. The normalized spacial score (nSPS) is 14.0. The average Bonchev–Trinajstić information content (AvgIpc) is 2.59. The van der Waals surface area contributed by atoms with Crippen LogP contribution < -0.4 is 11.1 Å². The molecular weight excluding hydrogens is 388 g/mol. The number of nitrogens with two attached hydrogens (primary N) is 1. The fraction of sp³-hybridized carbons (Fsp3) is 0.333. The van der Waals surface area contributed by atoms with Gasteiger partial charge in [0.2, 0.25) is 0 Å². The molecule has 4 N–H and O–H groups in total. The van der Waals surface area contributed by atoms with Crippen molar-refractivity contribution in [1.29, 1.82) is 0 Å². The van der Waals surface area contributed by atoms with Gasteiger partial charge in [-0.2, -0.15) is 0 Å². The molecule has 0 bridgehead atoms. The fourth-order valence-corrected chi connectivity index (χ4v) is 3.11. The minimum atomic E-state index is -2.12. The number of hydrogen-bond donors (Lipinski definition) is 3. The minimum Gasteiger partial charge on any atom is -0.398 e. The molecule has 8 heteroatoms. The van der Waals surface area contributed by atoms with Crippen molar-refractivity contribution in [2.75, 3.05) is 29.6 Å². The molecular formula is C21H28N4O3S. The van der Waals surface area contributed by atoms with Crippen molar-refractivity contribution in [3.63, 3.8) is 0 Å². The van der Waals surface area contributed by atoms with Crippen LogP contribution in [0.2, 0.25) is 0 Å². The van der Waals surface area contributed by atoms with Crippen molar-refractivity contribution in [2.24, 2.45) is 4.99 Å². The highest BCUT2D eigenvalue weighted by molar-refractivity contribution is 7.99. The zero-order valence-electron chi connectivity index (χ0n) is 17.2. The van der Waals surface area contributed by atoms with E-state index in [1.54, 1.807) is 63.6 Å². The molecule has 1 heterocycles. The first-order chi connectivity index (χ1) is 13.4. The second-order valence-electron chi connectivity index (χ2n) is 7.63. The first kappa shape index (κ1) is 22.6. The van der Waals surface area contributed by atoms with Crippen molar-refractivity contribution in [1.82, 2.24) is 4.98 Å². The number of pyridine rings is 1. The summed E-state index contributed by atoms with van der Waals surface area (Å²) in [4.78, 5) is 21.1. The molecule has 1 unspecified atom stereocenters. The van der Waals surface area contributed by atoms with Gasteiger partial charge in [0.25, 0.3) is 5.91 Å². The van der Waals surface area contributed by atoms with E-state index in [1.807, 2.05) is 0 Å². The Labute approximate surface area is 172 Å². The lowest BCUT2D eigenvalue weighted by molar-refractivity contribution is 0.0793. The molecule has 0 radical (unpaired) electrons. The van der Waals surface area contributed by atoms with Crippen LogP contribution >= 0.6 is 0 Å². The molecule has 0 saturated carbocycles. The van der Waals surface area contributed by atoms with Crippen LogP contribution in [0.1, 0.15) is 41.2 Å². The Bertz CT molecular complexity index is 1040. The lowest BCUT2D eigenvalue weighted by atomic mass is 9.94. The number of carbonyl (C=O) groups excluding carboxylic acids is 1. The van der Waals surface area contributed by atoms with Crippen molar-refractivity contribution in [3.05, 3.63) is 52.8 Å². The molecule has 2 rings (SSSR count). The van der Waals surface area contributed by atoms with Gasteiger partial charge < -0.3 is 16.2 Å². The predicted molar refractivity (Wildman–Crippen MR) is 122 cm³/mol. The number of aliphatic imine (C=N–C) groups is 1. The van der Waals surface area contributed by atoms with Gasteiger partial charge in [0.1, 0.15) is 5.69 Å². The highest BCUT2D eigenvalue weighted by Crippen LogP contribution is 2.32. The van der Waals surface area contributed by atoms with Gasteiger partial charge in [0, 0.05) is 53.0 Å². The molecule has 0 aliphatic heterocycles. The maximum Gasteiger partial charge on any atom is 0.274 e. The van der Waals surface area contributed by atoms with E-state index < -0.39 is 21.0 Å². The van der Waals surface area contributed by atoms with E-state index in [0.717, 1.165) is 5.69 Å². The molecule has 0 saturated heterocycles. The number of amides is 1. The summed E-state index contributed by atoms with van der Waals surface area (Å²) in [6, 6.07) is 8.45. The highest BCUT2D eigenvalue weighted by atomic mass is 32.2. The average molecular weight is 417 g/mol. The molecule has 29 heavy (non-hydrogen) atoms. The molecule has 0 aliphatic carbocycles. The lowest BCUT2D eigenvalue weighted by Gasteiger charge is -2.23. The van der Waals surface area contributed by atoms with Gasteiger partial charge in [-0.05, 0) is 60.4 Å². The Morgan fingerprint density at radius 3 is 2.69 bits per heavy atom. The number of aryl methyl sites for hydroxylation is 1. The highest BCUT2D eigenvalue weighted by Gasteiger charge is 2.23. The largest absolute Gasteiger partial charge is 0.398 e. The summed E-state index contributed by atoms with van der Waals surface area (Å²) in [6.45, 7) is 5.38. The van der Waals surface area contributed by atoms with Gasteiger partial charge in [0.15, 0.2) is 0 Å². The maximum absolute atomic E-state index is 12.7. The van der Waals surface area contributed by atoms with Crippen molar-refractivity contribution >= 4 is 38.9 Å². The standard InChI is InChI=1S/C21H28N4O3S/c1-14-7-6-8-18(24-14)20(26)25-19-11-15(13-23-9-10-29(4,5)28)17(22)12-16(19)21(2,3)27/h6-8,11-13,27H,4,9-10,22H2,1-3,5H3,(H,25,26). The van der Waals surface area contributed by atoms with Crippen LogP contribution in [0.4, 0.5) is 11.4 Å². The number of nitrogen functional groups attached to an aromatic ring is 1. The smallest absolute Gasteiger partial charge is 0.274 e. The van der Waals surface area contributed by atoms with Crippen LogP contribution in [0.5, 0.6) is 0 Å². The van der Waals surface area contributed by atoms with Crippen LogP contribution in [0.25, 0.3) is 0 Å². The van der Waals surface area contributed by atoms with E-state index in [-0.39, 0.29) is 5.69 Å². The quantitative estimate of drug-likeness (QED) is 0.363. The third-order valence-corrected chi connectivity index (χ3v) is 5.18. The number of rotatable bonds is 7. The zero-order chi connectivity index (χ0) is 21.8. The topological polar surface area (TPSA) is 118 Å². The molecule has 0 fully saturated rings. The molecule has 1 aromatic carbocycles. The minimum absolute atomic E-state index is 0.270. The van der Waals surface area contributed by atoms with Crippen molar-refractivity contribution in [2.45, 2.75) is 26.4 Å². The number of hydrogen-bond acceptors (Lipinski definition) is 6. The Balaban J connectivity index is 2.37. The molecule has 0 spiro atoms. The number of benzene rings is 1. The first-order valence-electron chi connectivity index (χ1n) is 9.08. The monoisotopic (exact) mass is 416 g/mol. The summed E-state index contributed by atoms with van der Waals surface area (Å²) in [7, 11) is -2.12. The summed E-state index contributed by atoms with van der Waals surface area (Å²) in [5, 5.41) is 13.3. The third-order valence-electron chi connectivity index (χ3n) is 4.13. The molecule has 0 aliphatic rings. The summed E-state index contributed by atoms with van der Waals surface area (Å²) in [5.41, 5.74) is 7.76. The number of carbonyl (C=O) groups is 1. The Hall–Kier alpha value is -2.71. The van der Waals surface area contributed by atoms with E-state index in [1.165, 1.54) is 0 Å². The second-order valence-corrected chi connectivity index (χ2v) is 10.4. The van der Waals surface area contributed by atoms with Gasteiger partial charge in [-0.15, -0.1) is 0 Å². The van der Waals surface area contributed by atoms with Gasteiger partial charge in [-0.25, -0.2) is 4.98 Å². The summed E-state index contributed by atoms with van der Waals surface area (Å²) < 4.78 is 11.7. The van der Waals surface area contributed by atoms with Gasteiger partial charge >= 0.3 is 0 Å². The Kier molecular flexibility index (Phi) is 6.81. The molecule has 7 nitrogen and oxygen atoms in total. The van der Waals surface area contributed by atoms with Crippen LogP contribution in [0.15, 0.2) is 35.3 Å². The zero-order valence-corrected chi connectivity index (χ0v) is 18.0. The number of nitrogens with zero attached hydrogens (tertiary/aromatic N) is 2. The Morgan fingerprint density at radius 2 is 2.10 bits per heavy atom. The lowest BCUT2D eigenvalue weighted by Crippen LogP contribution is -2.22. The van der Waals surface area contributed by atoms with Crippen molar-refractivity contribution in [3.8, 4) is 0 Å². The number of aromatic nitrogens is 1. The van der Waals surface area contributed by atoms with E-state index in [4.69, 9.17) is 5.73 Å². The second kappa shape index (κ2) is 8.75. The van der Waals surface area contributed by atoms with Gasteiger partial charge in [0.05, 0.1) is 5.60 Å². The van der Waals surface area contributed by atoms with E-state index >= 15 is 0 Å². The van der Waals surface area contributed by atoms with Crippen LogP contribution in [0, 0.1) is 6.92 Å². The predicted octanol–water partition coefficient (Wildman–Crippen LogP) is 2.22. The van der Waals surface area contributed by atoms with Crippen LogP contribution in [-0.4, -0.2) is 50.8 Å². The van der Waals surface area contributed by atoms with Gasteiger partial charge in [-0.1, -0.05) is 6.07 Å². The molecule has 156 valence electrons. The van der Waals surface area contributed by atoms with E-state index in [9.17, 15) is 14.1 Å². The molecule has 2 aromatic rings. The Morgan fingerprint density at radius 1 is 1.41 bits per heavy atom. The number of aliphatic hydroxyl groups is 1. The number of anilines is 2. The van der Waals surface area contributed by atoms with Crippen molar-refractivity contribution < 1.29 is 14.1 Å². The summed E-state index contributed by atoms with van der Waals surface area (Å²) in [6.07, 6.45) is 3.15. The number of nitrogens with one attached hydrogen (secondary N) is 1. The summed E-state index contributed by atoms with van der Waals surface area (Å²) >= 11 is 0.